The highest BCUT2D eigenvalue weighted by atomic mass is 16.5. The summed E-state index contributed by atoms with van der Waals surface area (Å²) in [5.74, 6) is -0.540. The predicted molar refractivity (Wildman–Crippen MR) is 78.3 cm³/mol. The molecule has 1 rings (SSSR count). The lowest BCUT2D eigenvalue weighted by Gasteiger charge is -2.25. The zero-order chi connectivity index (χ0) is 15.8. The van der Waals surface area contributed by atoms with Crippen molar-refractivity contribution in [3.63, 3.8) is 0 Å². The number of rotatable bonds is 6. The SMILES string of the molecule is CCOC(=O)CN(C(=O)Cc1ccc(C#N)cc1)C(C)C. The van der Waals surface area contributed by atoms with Gasteiger partial charge in [0.15, 0.2) is 0 Å². The molecule has 0 saturated carbocycles. The van der Waals surface area contributed by atoms with Crippen molar-refractivity contribution < 1.29 is 14.3 Å². The second kappa shape index (κ2) is 8.05. The van der Waals surface area contributed by atoms with Gasteiger partial charge in [0.2, 0.25) is 5.91 Å². The van der Waals surface area contributed by atoms with Crippen molar-refractivity contribution in [1.82, 2.24) is 4.90 Å². The first-order valence-corrected chi connectivity index (χ1v) is 6.92. The van der Waals surface area contributed by atoms with E-state index >= 15 is 0 Å². The molecule has 1 aromatic rings. The Kier molecular flexibility index (Phi) is 6.41. The Hall–Kier alpha value is -2.35. The maximum Gasteiger partial charge on any atom is 0.325 e. The van der Waals surface area contributed by atoms with E-state index in [9.17, 15) is 9.59 Å². The normalized spacial score (nSPS) is 10.0. The fraction of sp³-hybridized carbons (Fsp3) is 0.438. The molecule has 0 unspecified atom stereocenters. The van der Waals surface area contributed by atoms with Crippen LogP contribution in [0.1, 0.15) is 31.9 Å². The van der Waals surface area contributed by atoms with E-state index in [1.54, 1.807) is 31.2 Å². The van der Waals surface area contributed by atoms with Crippen molar-refractivity contribution in [1.29, 1.82) is 5.26 Å². The fourth-order valence-electron chi connectivity index (χ4n) is 1.88. The summed E-state index contributed by atoms with van der Waals surface area (Å²) in [5.41, 5.74) is 1.37. The number of hydrogen-bond donors (Lipinski definition) is 0. The minimum atomic E-state index is -0.403. The molecule has 1 aromatic carbocycles. The van der Waals surface area contributed by atoms with Gasteiger partial charge < -0.3 is 9.64 Å². The first kappa shape index (κ1) is 16.7. The van der Waals surface area contributed by atoms with Crippen LogP contribution in [0.3, 0.4) is 0 Å². The number of carbonyl (C=O) groups excluding carboxylic acids is 2. The summed E-state index contributed by atoms with van der Waals surface area (Å²) in [5, 5.41) is 8.74. The van der Waals surface area contributed by atoms with Crippen molar-refractivity contribution in [2.24, 2.45) is 0 Å². The van der Waals surface area contributed by atoms with Gasteiger partial charge in [-0.1, -0.05) is 12.1 Å². The molecule has 0 aromatic heterocycles. The molecular formula is C16H20N2O3. The predicted octanol–water partition coefficient (Wildman–Crippen LogP) is 1.90. The first-order chi connectivity index (χ1) is 9.97. The average molecular weight is 288 g/mol. The lowest BCUT2D eigenvalue weighted by atomic mass is 10.1. The van der Waals surface area contributed by atoms with Crippen LogP contribution < -0.4 is 0 Å². The van der Waals surface area contributed by atoms with Gasteiger partial charge in [0.25, 0.3) is 0 Å². The Balaban J connectivity index is 2.72. The Bertz CT molecular complexity index is 529. The second-order valence-electron chi connectivity index (χ2n) is 4.91. The molecule has 0 aliphatic rings. The van der Waals surface area contributed by atoms with Crippen molar-refractivity contribution >= 4 is 11.9 Å². The molecule has 0 aliphatic heterocycles. The summed E-state index contributed by atoms with van der Waals surface area (Å²) in [4.78, 5) is 25.3. The third-order valence-electron chi connectivity index (χ3n) is 2.99. The zero-order valence-corrected chi connectivity index (χ0v) is 12.6. The number of carbonyl (C=O) groups is 2. The quantitative estimate of drug-likeness (QED) is 0.750. The molecule has 0 bridgehead atoms. The van der Waals surface area contributed by atoms with E-state index < -0.39 is 5.97 Å². The maximum absolute atomic E-state index is 12.3. The lowest BCUT2D eigenvalue weighted by molar-refractivity contribution is -0.149. The van der Waals surface area contributed by atoms with E-state index in [4.69, 9.17) is 10.00 Å². The molecule has 0 atom stereocenters. The molecule has 1 amide bonds. The largest absolute Gasteiger partial charge is 0.465 e. The molecule has 21 heavy (non-hydrogen) atoms. The number of amides is 1. The van der Waals surface area contributed by atoms with Crippen molar-refractivity contribution in [3.8, 4) is 6.07 Å². The van der Waals surface area contributed by atoms with E-state index in [-0.39, 0.29) is 24.9 Å². The minimum Gasteiger partial charge on any atom is -0.465 e. The third-order valence-corrected chi connectivity index (χ3v) is 2.99. The van der Waals surface area contributed by atoms with Crippen LogP contribution in [0.4, 0.5) is 0 Å². The Morgan fingerprint density at radius 1 is 1.29 bits per heavy atom. The highest BCUT2D eigenvalue weighted by Crippen LogP contribution is 2.08. The summed E-state index contributed by atoms with van der Waals surface area (Å²) in [6.45, 7) is 5.71. The standard InChI is InChI=1S/C16H20N2O3/c1-4-21-16(20)11-18(12(2)3)15(19)9-13-5-7-14(10-17)8-6-13/h5-8,12H,4,9,11H2,1-3H3. The number of ether oxygens (including phenoxy) is 1. The molecular weight excluding hydrogens is 268 g/mol. The Labute approximate surface area is 125 Å². The number of hydrogen-bond acceptors (Lipinski definition) is 4. The van der Waals surface area contributed by atoms with Crippen LogP contribution in [0, 0.1) is 11.3 Å². The van der Waals surface area contributed by atoms with E-state index in [1.165, 1.54) is 4.90 Å². The number of benzene rings is 1. The van der Waals surface area contributed by atoms with Crippen molar-refractivity contribution in [2.45, 2.75) is 33.2 Å². The van der Waals surface area contributed by atoms with E-state index in [0.717, 1.165) is 5.56 Å². The summed E-state index contributed by atoms with van der Waals surface area (Å²) >= 11 is 0. The molecule has 0 spiro atoms. The van der Waals surface area contributed by atoms with Gasteiger partial charge in [-0.2, -0.15) is 5.26 Å². The van der Waals surface area contributed by atoms with Crippen LogP contribution in [0.15, 0.2) is 24.3 Å². The highest BCUT2D eigenvalue weighted by molar-refractivity contribution is 5.83. The van der Waals surface area contributed by atoms with Gasteiger partial charge >= 0.3 is 5.97 Å². The molecule has 0 heterocycles. The van der Waals surface area contributed by atoms with Crippen molar-refractivity contribution in [2.75, 3.05) is 13.2 Å². The van der Waals surface area contributed by atoms with E-state index in [2.05, 4.69) is 0 Å². The summed E-state index contributed by atoms with van der Waals surface area (Å²) in [6, 6.07) is 8.80. The second-order valence-corrected chi connectivity index (χ2v) is 4.91. The molecule has 0 fully saturated rings. The molecule has 0 N–H and O–H groups in total. The summed E-state index contributed by atoms with van der Waals surface area (Å²) < 4.78 is 4.88. The Morgan fingerprint density at radius 3 is 2.38 bits per heavy atom. The van der Waals surface area contributed by atoms with Crippen LogP contribution in [-0.2, 0) is 20.7 Å². The van der Waals surface area contributed by atoms with Gasteiger partial charge in [0, 0.05) is 6.04 Å². The molecule has 0 radical (unpaired) electrons. The molecule has 112 valence electrons. The van der Waals surface area contributed by atoms with E-state index in [0.29, 0.717) is 12.2 Å². The molecule has 0 aliphatic carbocycles. The molecule has 5 heteroatoms. The summed E-state index contributed by atoms with van der Waals surface area (Å²) in [7, 11) is 0. The van der Waals surface area contributed by atoms with Crippen LogP contribution in [-0.4, -0.2) is 36.0 Å². The van der Waals surface area contributed by atoms with Crippen molar-refractivity contribution in [3.05, 3.63) is 35.4 Å². The molecule has 0 saturated heterocycles. The van der Waals surface area contributed by atoms with Gasteiger partial charge in [-0.05, 0) is 38.5 Å². The Morgan fingerprint density at radius 2 is 1.90 bits per heavy atom. The van der Waals surface area contributed by atoms with Gasteiger partial charge in [-0.25, -0.2) is 0 Å². The smallest absolute Gasteiger partial charge is 0.325 e. The fourth-order valence-corrected chi connectivity index (χ4v) is 1.88. The maximum atomic E-state index is 12.3. The zero-order valence-electron chi connectivity index (χ0n) is 12.6. The van der Waals surface area contributed by atoms with E-state index in [1.807, 2.05) is 19.9 Å². The number of nitriles is 1. The topological polar surface area (TPSA) is 70.4 Å². The molecule has 5 nitrogen and oxygen atoms in total. The minimum absolute atomic E-state index is 0.0411. The summed E-state index contributed by atoms with van der Waals surface area (Å²) in [6.07, 6.45) is 0.198. The third kappa shape index (κ3) is 5.27. The van der Waals surface area contributed by atoms with Gasteiger partial charge in [-0.15, -0.1) is 0 Å². The van der Waals surface area contributed by atoms with Gasteiger partial charge in [0.1, 0.15) is 6.54 Å². The van der Waals surface area contributed by atoms with Crippen LogP contribution in [0.25, 0.3) is 0 Å². The number of nitrogens with zero attached hydrogens (tertiary/aromatic N) is 2. The van der Waals surface area contributed by atoms with Gasteiger partial charge in [0.05, 0.1) is 24.7 Å². The number of esters is 1. The monoisotopic (exact) mass is 288 g/mol. The average Bonchev–Trinajstić information content (AvgIpc) is 2.45. The van der Waals surface area contributed by atoms with Gasteiger partial charge in [-0.3, -0.25) is 9.59 Å². The first-order valence-electron chi connectivity index (χ1n) is 6.92. The van der Waals surface area contributed by atoms with Crippen LogP contribution in [0.2, 0.25) is 0 Å². The van der Waals surface area contributed by atoms with Crippen LogP contribution in [0.5, 0.6) is 0 Å². The van der Waals surface area contributed by atoms with Crippen LogP contribution >= 0.6 is 0 Å². The lowest BCUT2D eigenvalue weighted by Crippen LogP contribution is -2.42. The highest BCUT2D eigenvalue weighted by Gasteiger charge is 2.20.